The first-order valence-corrected chi connectivity index (χ1v) is 14.8. The number of aromatic nitrogens is 1. The average molecular weight is 546 g/mol. The normalized spacial score (nSPS) is 23.7. The Morgan fingerprint density at radius 3 is 2.30 bits per heavy atom. The molecule has 3 aliphatic heterocycles. The second kappa shape index (κ2) is 12.3. The highest BCUT2D eigenvalue weighted by Gasteiger charge is 2.42. The number of piperidine rings is 1. The summed E-state index contributed by atoms with van der Waals surface area (Å²) in [5.74, 6) is 0.774. The standard InChI is InChI=1S/C31H43N7O2/c1-4-22(5-2)35-28-14-20(6-10-27(28)19(3)32)30(39)37-24-15-25-8-9-26(16-24)38(25)29-11-7-21(17-34-29)31(40)36-23-12-13-33-18-23/h6-7,10-11,14,17,22-26,33,35H,3-5,8-9,12-13,15-16,18,32H2,1-2H3,(H,36,40)(H,37,39)/t23-,24?,25?,26?/m1/s1. The van der Waals surface area contributed by atoms with E-state index in [1.807, 2.05) is 30.3 Å². The summed E-state index contributed by atoms with van der Waals surface area (Å²) in [6, 6.07) is 10.7. The number of carbonyl (C=O) groups is 2. The van der Waals surface area contributed by atoms with E-state index in [9.17, 15) is 9.59 Å². The lowest BCUT2D eigenvalue weighted by Gasteiger charge is -2.40. The minimum Gasteiger partial charge on any atom is -0.399 e. The van der Waals surface area contributed by atoms with Gasteiger partial charge in [0, 0.05) is 65.5 Å². The Bertz CT molecular complexity index is 1210. The Labute approximate surface area is 237 Å². The molecule has 2 bridgehead atoms. The summed E-state index contributed by atoms with van der Waals surface area (Å²) in [6.45, 7) is 9.95. The van der Waals surface area contributed by atoms with Gasteiger partial charge < -0.3 is 31.9 Å². The Morgan fingerprint density at radius 1 is 1.02 bits per heavy atom. The van der Waals surface area contributed by atoms with Crippen LogP contribution in [0, 0.1) is 0 Å². The quantitative estimate of drug-likeness (QED) is 0.309. The Morgan fingerprint density at radius 2 is 1.70 bits per heavy atom. The Kier molecular flexibility index (Phi) is 8.59. The van der Waals surface area contributed by atoms with Crippen LogP contribution in [0.2, 0.25) is 0 Å². The molecule has 9 heteroatoms. The van der Waals surface area contributed by atoms with Crippen LogP contribution in [0.3, 0.4) is 0 Å². The maximum atomic E-state index is 13.3. The third-order valence-corrected chi connectivity index (χ3v) is 8.71. The summed E-state index contributed by atoms with van der Waals surface area (Å²) in [4.78, 5) is 33.0. The highest BCUT2D eigenvalue weighted by atomic mass is 16.2. The number of nitrogens with two attached hydrogens (primary N) is 1. The second-order valence-electron chi connectivity index (χ2n) is 11.4. The lowest BCUT2D eigenvalue weighted by Crippen LogP contribution is -2.50. The average Bonchev–Trinajstić information content (AvgIpc) is 3.56. The number of amides is 2. The summed E-state index contributed by atoms with van der Waals surface area (Å²) in [6.07, 6.45) is 8.50. The van der Waals surface area contributed by atoms with Gasteiger partial charge in [-0.25, -0.2) is 4.98 Å². The molecule has 2 unspecified atom stereocenters. The van der Waals surface area contributed by atoms with Gasteiger partial charge in [0.25, 0.3) is 11.8 Å². The monoisotopic (exact) mass is 545 g/mol. The molecule has 0 saturated carbocycles. The SMILES string of the molecule is C=C(N)c1ccc(C(=O)NC2CC3CCC(C2)N3c2ccc(C(=O)N[C@@H]3CCNC3)cn2)cc1NC(CC)CC. The molecule has 3 saturated heterocycles. The number of hydrogen-bond donors (Lipinski definition) is 5. The largest absolute Gasteiger partial charge is 0.399 e. The smallest absolute Gasteiger partial charge is 0.253 e. The van der Waals surface area contributed by atoms with Crippen LogP contribution in [0.1, 0.15) is 85.1 Å². The van der Waals surface area contributed by atoms with Crippen LogP contribution in [-0.2, 0) is 0 Å². The molecule has 5 rings (SSSR count). The van der Waals surface area contributed by atoms with E-state index < -0.39 is 0 Å². The van der Waals surface area contributed by atoms with Crippen molar-refractivity contribution in [1.29, 1.82) is 0 Å². The van der Waals surface area contributed by atoms with Crippen LogP contribution in [0.5, 0.6) is 0 Å². The molecule has 4 heterocycles. The van der Waals surface area contributed by atoms with Gasteiger partial charge in [0.15, 0.2) is 0 Å². The van der Waals surface area contributed by atoms with Crippen LogP contribution in [0.25, 0.3) is 5.70 Å². The molecule has 214 valence electrons. The molecule has 3 fully saturated rings. The van der Waals surface area contributed by atoms with Crippen molar-refractivity contribution in [3.05, 3.63) is 59.8 Å². The highest BCUT2D eigenvalue weighted by Crippen LogP contribution is 2.38. The number of pyridine rings is 1. The number of nitrogens with zero attached hydrogens (tertiary/aromatic N) is 2. The topological polar surface area (TPSA) is 124 Å². The maximum Gasteiger partial charge on any atom is 0.253 e. The predicted octanol–water partition coefficient (Wildman–Crippen LogP) is 3.63. The molecule has 3 aliphatic rings. The van der Waals surface area contributed by atoms with Crippen molar-refractivity contribution in [3.8, 4) is 0 Å². The number of hydrogen-bond acceptors (Lipinski definition) is 7. The zero-order valence-corrected chi connectivity index (χ0v) is 23.7. The fraction of sp³-hybridized carbons (Fsp3) is 0.516. The van der Waals surface area contributed by atoms with Crippen LogP contribution < -0.4 is 31.9 Å². The number of anilines is 2. The van der Waals surface area contributed by atoms with Crippen molar-refractivity contribution in [2.45, 2.75) is 89.0 Å². The Hall–Kier alpha value is -3.59. The summed E-state index contributed by atoms with van der Waals surface area (Å²) >= 11 is 0. The first kappa shape index (κ1) is 28.0. The molecule has 6 N–H and O–H groups in total. The fourth-order valence-corrected chi connectivity index (χ4v) is 6.46. The van der Waals surface area contributed by atoms with Gasteiger partial charge in [-0.3, -0.25) is 9.59 Å². The van der Waals surface area contributed by atoms with E-state index in [-0.39, 0.29) is 23.9 Å². The lowest BCUT2D eigenvalue weighted by molar-refractivity contribution is 0.0923. The van der Waals surface area contributed by atoms with Gasteiger partial charge in [-0.05, 0) is 75.8 Å². The molecule has 0 spiro atoms. The minimum absolute atomic E-state index is 0.0643. The fourth-order valence-electron chi connectivity index (χ4n) is 6.46. The first-order chi connectivity index (χ1) is 19.4. The number of fused-ring (bicyclic) bond motifs is 2. The van der Waals surface area contributed by atoms with Gasteiger partial charge in [0.1, 0.15) is 5.82 Å². The van der Waals surface area contributed by atoms with Gasteiger partial charge in [0.05, 0.1) is 5.56 Å². The first-order valence-electron chi connectivity index (χ1n) is 14.8. The van der Waals surface area contributed by atoms with Crippen molar-refractivity contribution in [1.82, 2.24) is 20.9 Å². The molecule has 3 atom stereocenters. The van der Waals surface area contributed by atoms with Crippen LogP contribution in [0.15, 0.2) is 43.1 Å². The van der Waals surface area contributed by atoms with E-state index in [1.54, 1.807) is 6.20 Å². The second-order valence-corrected chi connectivity index (χ2v) is 11.4. The number of nitrogens with one attached hydrogen (secondary N) is 4. The Balaban J connectivity index is 1.21. The molecular weight excluding hydrogens is 502 g/mol. The predicted molar refractivity (Wildman–Crippen MR) is 160 cm³/mol. The zero-order chi connectivity index (χ0) is 28.2. The summed E-state index contributed by atoms with van der Waals surface area (Å²) in [5, 5.41) is 13.2. The number of benzene rings is 1. The lowest BCUT2D eigenvalue weighted by atomic mass is 9.96. The molecule has 2 amide bonds. The molecule has 1 aromatic carbocycles. The number of carbonyl (C=O) groups excluding carboxylic acids is 2. The van der Waals surface area contributed by atoms with Crippen LogP contribution >= 0.6 is 0 Å². The maximum absolute atomic E-state index is 13.3. The van der Waals surface area contributed by atoms with Gasteiger partial charge in [-0.1, -0.05) is 26.5 Å². The zero-order valence-electron chi connectivity index (χ0n) is 23.7. The van der Waals surface area contributed by atoms with Crippen molar-refractivity contribution in [3.63, 3.8) is 0 Å². The van der Waals surface area contributed by atoms with Crippen molar-refractivity contribution >= 4 is 29.0 Å². The minimum atomic E-state index is -0.0702. The summed E-state index contributed by atoms with van der Waals surface area (Å²) < 4.78 is 0. The van der Waals surface area contributed by atoms with Gasteiger partial charge >= 0.3 is 0 Å². The number of rotatable bonds is 10. The van der Waals surface area contributed by atoms with E-state index >= 15 is 0 Å². The molecule has 0 aliphatic carbocycles. The van der Waals surface area contributed by atoms with Crippen LogP contribution in [-0.4, -0.2) is 60.1 Å². The molecule has 1 aromatic heterocycles. The van der Waals surface area contributed by atoms with Gasteiger partial charge in [-0.2, -0.15) is 0 Å². The van der Waals surface area contributed by atoms with E-state index in [1.165, 1.54) is 0 Å². The molecule has 2 aromatic rings. The van der Waals surface area contributed by atoms with Crippen molar-refractivity contribution in [2.24, 2.45) is 5.73 Å². The molecule has 9 nitrogen and oxygen atoms in total. The molecular formula is C31H43N7O2. The summed E-state index contributed by atoms with van der Waals surface area (Å²) in [5.41, 5.74) is 9.42. The van der Waals surface area contributed by atoms with Gasteiger partial charge in [-0.15, -0.1) is 0 Å². The van der Waals surface area contributed by atoms with E-state index in [2.05, 4.69) is 51.6 Å². The van der Waals surface area contributed by atoms with Gasteiger partial charge in [0.2, 0.25) is 0 Å². The third-order valence-electron chi connectivity index (χ3n) is 8.71. The summed E-state index contributed by atoms with van der Waals surface area (Å²) in [7, 11) is 0. The highest BCUT2D eigenvalue weighted by molar-refractivity contribution is 5.96. The van der Waals surface area contributed by atoms with Crippen LogP contribution in [0.4, 0.5) is 11.5 Å². The van der Waals surface area contributed by atoms with E-state index in [4.69, 9.17) is 5.73 Å². The van der Waals surface area contributed by atoms with E-state index in [0.29, 0.717) is 34.9 Å². The van der Waals surface area contributed by atoms with E-state index in [0.717, 1.165) is 75.1 Å². The molecule has 40 heavy (non-hydrogen) atoms. The molecule has 0 radical (unpaired) electrons. The van der Waals surface area contributed by atoms with Crippen molar-refractivity contribution in [2.75, 3.05) is 23.3 Å². The third kappa shape index (κ3) is 6.09. The van der Waals surface area contributed by atoms with Crippen molar-refractivity contribution < 1.29 is 9.59 Å².